The topological polar surface area (TPSA) is 97.4 Å². The van der Waals surface area contributed by atoms with Gasteiger partial charge in [-0.05, 0) is 6.07 Å². The lowest BCUT2D eigenvalue weighted by atomic mass is 9.83. The van der Waals surface area contributed by atoms with Crippen LogP contribution in [-0.2, 0) is 6.42 Å². The van der Waals surface area contributed by atoms with E-state index in [1.807, 2.05) is 18.7 Å². The van der Waals surface area contributed by atoms with Crippen LogP contribution in [0, 0.1) is 5.41 Å². The van der Waals surface area contributed by atoms with Crippen LogP contribution in [0.15, 0.2) is 18.3 Å². The molecule has 0 unspecified atom stereocenters. The summed E-state index contributed by atoms with van der Waals surface area (Å²) in [6.45, 7) is 2.43. The fourth-order valence-electron chi connectivity index (χ4n) is 2.87. The van der Waals surface area contributed by atoms with Crippen LogP contribution in [0.2, 0.25) is 0 Å². The summed E-state index contributed by atoms with van der Waals surface area (Å²) in [5, 5.41) is 9.42. The maximum atomic E-state index is 12.5. The zero-order chi connectivity index (χ0) is 18.9. The molecule has 1 saturated heterocycles. The van der Waals surface area contributed by atoms with Gasteiger partial charge in [0.05, 0.1) is 12.3 Å². The normalized spacial score (nSPS) is 15.8. The lowest BCUT2D eigenvalue weighted by Crippen LogP contribution is -2.57. The van der Waals surface area contributed by atoms with Crippen LogP contribution in [-0.4, -0.2) is 46.4 Å². The summed E-state index contributed by atoms with van der Waals surface area (Å²) in [5.41, 5.74) is 6.52. The van der Waals surface area contributed by atoms with Gasteiger partial charge in [0.1, 0.15) is 11.6 Å². The predicted molar refractivity (Wildman–Crippen MR) is 93.1 cm³/mol. The molecular weight excluding hydrogens is 344 g/mol. The van der Waals surface area contributed by atoms with Gasteiger partial charge >= 0.3 is 6.61 Å². The smallest absolute Gasteiger partial charge is 0.387 e. The number of hydrogen-bond donors (Lipinski definition) is 2. The minimum Gasteiger partial charge on any atom is -0.431 e. The molecule has 0 bridgehead atoms. The van der Waals surface area contributed by atoms with E-state index in [0.717, 1.165) is 5.82 Å². The molecule has 0 atom stereocenters. The summed E-state index contributed by atoms with van der Waals surface area (Å²) >= 11 is 0. The molecule has 1 fully saturated rings. The van der Waals surface area contributed by atoms with Crippen LogP contribution < -0.4 is 15.4 Å². The molecule has 0 spiro atoms. The van der Waals surface area contributed by atoms with Crippen molar-refractivity contribution >= 4 is 11.6 Å². The molecule has 9 heteroatoms. The molecule has 3 heterocycles. The predicted octanol–water partition coefficient (Wildman–Crippen LogP) is 2.10. The van der Waals surface area contributed by atoms with Crippen LogP contribution in [0.4, 0.5) is 20.4 Å². The lowest BCUT2D eigenvalue weighted by Gasteiger charge is -2.47. The first kappa shape index (κ1) is 18.2. The van der Waals surface area contributed by atoms with Crippen LogP contribution in [0.5, 0.6) is 5.75 Å². The Kier molecular flexibility index (Phi) is 4.90. The van der Waals surface area contributed by atoms with Gasteiger partial charge in [0, 0.05) is 42.8 Å². The number of hydrogen-bond acceptors (Lipinski definition) is 7. The van der Waals surface area contributed by atoms with Gasteiger partial charge < -0.3 is 20.5 Å². The van der Waals surface area contributed by atoms with E-state index in [9.17, 15) is 13.9 Å². The van der Waals surface area contributed by atoms with E-state index in [0.29, 0.717) is 36.6 Å². The number of aliphatic hydroxyl groups excluding tert-OH is 1. The second-order valence-electron chi connectivity index (χ2n) is 6.69. The van der Waals surface area contributed by atoms with Gasteiger partial charge in [-0.15, -0.1) is 0 Å². The van der Waals surface area contributed by atoms with Crippen molar-refractivity contribution in [1.82, 2.24) is 15.0 Å². The van der Waals surface area contributed by atoms with E-state index < -0.39 is 6.61 Å². The Morgan fingerprint density at radius 2 is 2.08 bits per heavy atom. The highest BCUT2D eigenvalue weighted by atomic mass is 19.3. The Morgan fingerprint density at radius 3 is 2.69 bits per heavy atom. The van der Waals surface area contributed by atoms with Gasteiger partial charge in [0.2, 0.25) is 0 Å². The number of alkyl halides is 2. The van der Waals surface area contributed by atoms with Crippen LogP contribution in [0.1, 0.15) is 19.7 Å². The molecule has 2 aromatic rings. The zero-order valence-electron chi connectivity index (χ0n) is 14.6. The molecule has 3 rings (SSSR count). The molecule has 0 saturated carbocycles. The Balaban J connectivity index is 1.94. The van der Waals surface area contributed by atoms with E-state index in [1.54, 1.807) is 6.07 Å². The highest BCUT2D eigenvalue weighted by Crippen LogP contribution is 2.35. The van der Waals surface area contributed by atoms with Gasteiger partial charge in [-0.3, -0.25) is 0 Å². The molecule has 0 aromatic carbocycles. The third kappa shape index (κ3) is 3.67. The zero-order valence-corrected chi connectivity index (χ0v) is 14.6. The number of rotatable bonds is 6. The number of nitrogens with two attached hydrogens (primary N) is 1. The quantitative estimate of drug-likeness (QED) is 0.809. The number of nitrogens with zero attached hydrogens (tertiary/aromatic N) is 4. The molecule has 26 heavy (non-hydrogen) atoms. The van der Waals surface area contributed by atoms with Crippen molar-refractivity contribution in [3.8, 4) is 17.0 Å². The van der Waals surface area contributed by atoms with Crippen LogP contribution in [0.3, 0.4) is 0 Å². The van der Waals surface area contributed by atoms with Crippen molar-refractivity contribution in [2.75, 3.05) is 30.3 Å². The number of halogens is 2. The average molecular weight is 365 g/mol. The van der Waals surface area contributed by atoms with E-state index >= 15 is 0 Å². The average Bonchev–Trinajstić information content (AvgIpc) is 2.60. The monoisotopic (exact) mass is 365 g/mol. The van der Waals surface area contributed by atoms with Gasteiger partial charge in [0.15, 0.2) is 11.6 Å². The molecule has 7 nitrogen and oxygen atoms in total. The fourth-order valence-corrected chi connectivity index (χ4v) is 2.87. The summed E-state index contributed by atoms with van der Waals surface area (Å²) in [7, 11) is 0. The first-order chi connectivity index (χ1) is 12.3. The molecule has 3 N–H and O–H groups in total. The molecule has 2 aromatic heterocycles. The Hall–Kier alpha value is -2.55. The maximum absolute atomic E-state index is 12.5. The Labute approximate surface area is 149 Å². The number of aromatic nitrogens is 3. The van der Waals surface area contributed by atoms with Crippen molar-refractivity contribution in [3.05, 3.63) is 24.2 Å². The highest BCUT2D eigenvalue weighted by Gasteiger charge is 2.39. The third-order valence-electron chi connectivity index (χ3n) is 4.32. The number of anilines is 2. The van der Waals surface area contributed by atoms with E-state index in [4.69, 9.17) is 5.73 Å². The number of aliphatic hydroxyl groups is 1. The number of nitrogen functional groups attached to an aromatic ring is 1. The first-order valence-corrected chi connectivity index (χ1v) is 8.28. The van der Waals surface area contributed by atoms with Crippen molar-refractivity contribution in [2.45, 2.75) is 26.9 Å². The molecule has 140 valence electrons. The van der Waals surface area contributed by atoms with E-state index in [2.05, 4.69) is 19.7 Å². The molecule has 0 radical (unpaired) electrons. The second-order valence-corrected chi connectivity index (χ2v) is 6.69. The third-order valence-corrected chi connectivity index (χ3v) is 4.32. The summed E-state index contributed by atoms with van der Waals surface area (Å²) in [6.07, 6.45) is 2.09. The van der Waals surface area contributed by atoms with Gasteiger partial charge in [-0.25, -0.2) is 15.0 Å². The fraction of sp³-hybridized carbons (Fsp3) is 0.471. The molecule has 0 amide bonds. The summed E-state index contributed by atoms with van der Waals surface area (Å²) in [5.74, 6) is 1.06. The van der Waals surface area contributed by atoms with E-state index in [-0.39, 0.29) is 23.6 Å². The number of ether oxygens (including phenoxy) is 1. The van der Waals surface area contributed by atoms with Crippen molar-refractivity contribution in [1.29, 1.82) is 0 Å². The van der Waals surface area contributed by atoms with Crippen molar-refractivity contribution in [3.63, 3.8) is 0 Å². The lowest BCUT2D eigenvalue weighted by molar-refractivity contribution is -0.0494. The molecule has 1 aliphatic heterocycles. The SMILES string of the molecule is CCc1nc(-c2cnc(N)c(OC(F)F)c2)cc(N2CC(C)(CO)C2)n1. The summed E-state index contributed by atoms with van der Waals surface area (Å²) in [4.78, 5) is 14.9. The number of aryl methyl sites for hydroxylation is 1. The number of pyridine rings is 1. The van der Waals surface area contributed by atoms with Gasteiger partial charge in [0.25, 0.3) is 0 Å². The minimum atomic E-state index is -2.99. The standard InChI is InChI=1S/C17H21F2N5O2/c1-3-13-22-11(5-14(23-13)24-7-17(2,8-24)9-25)10-4-12(26-16(18)19)15(20)21-6-10/h4-6,16,25H,3,7-9H2,1-2H3,(H2,20,21). The molecule has 0 aliphatic carbocycles. The largest absolute Gasteiger partial charge is 0.431 e. The van der Waals surface area contributed by atoms with Crippen molar-refractivity contribution in [2.24, 2.45) is 5.41 Å². The first-order valence-electron chi connectivity index (χ1n) is 8.28. The maximum Gasteiger partial charge on any atom is 0.387 e. The minimum absolute atomic E-state index is 0.109. The van der Waals surface area contributed by atoms with Crippen LogP contribution >= 0.6 is 0 Å². The van der Waals surface area contributed by atoms with Crippen LogP contribution in [0.25, 0.3) is 11.3 Å². The Morgan fingerprint density at radius 1 is 1.35 bits per heavy atom. The summed E-state index contributed by atoms with van der Waals surface area (Å²) in [6, 6.07) is 3.17. The highest BCUT2D eigenvalue weighted by molar-refractivity contribution is 5.66. The molecular formula is C17H21F2N5O2. The van der Waals surface area contributed by atoms with Crippen molar-refractivity contribution < 1.29 is 18.6 Å². The van der Waals surface area contributed by atoms with Gasteiger partial charge in [-0.1, -0.05) is 13.8 Å². The second kappa shape index (κ2) is 6.99. The van der Waals surface area contributed by atoms with Gasteiger partial charge in [-0.2, -0.15) is 8.78 Å². The summed E-state index contributed by atoms with van der Waals surface area (Å²) < 4.78 is 29.5. The Bertz CT molecular complexity index is 797. The van der Waals surface area contributed by atoms with E-state index in [1.165, 1.54) is 12.3 Å². The molecule has 1 aliphatic rings.